The molecule has 2 aromatic rings. The number of anilines is 1. The molecule has 0 bridgehead atoms. The summed E-state index contributed by atoms with van der Waals surface area (Å²) >= 11 is 0. The lowest BCUT2D eigenvalue weighted by Gasteiger charge is -2.11. The molecule has 0 unspecified atom stereocenters. The van der Waals surface area contributed by atoms with Crippen molar-refractivity contribution < 1.29 is 23.9 Å². The lowest BCUT2D eigenvalue weighted by atomic mass is 10.1. The second-order valence-corrected chi connectivity index (χ2v) is 6.30. The van der Waals surface area contributed by atoms with Crippen molar-refractivity contribution in [2.24, 2.45) is 5.73 Å². The number of nitrogens with two attached hydrogens (primary N) is 1. The maximum Gasteiger partial charge on any atom is 0.339 e. The van der Waals surface area contributed by atoms with Crippen molar-refractivity contribution in [2.75, 3.05) is 19.0 Å². The number of rotatable bonds is 8. The normalized spacial score (nSPS) is 10.3. The van der Waals surface area contributed by atoms with Gasteiger partial charge in [-0.15, -0.1) is 0 Å². The van der Waals surface area contributed by atoms with Crippen LogP contribution in [0.1, 0.15) is 55.8 Å². The van der Waals surface area contributed by atoms with Crippen LogP contribution in [-0.4, -0.2) is 42.3 Å². The summed E-state index contributed by atoms with van der Waals surface area (Å²) in [6.07, 6.45) is 0.523. The van der Waals surface area contributed by atoms with E-state index in [9.17, 15) is 19.2 Å². The van der Waals surface area contributed by atoms with Crippen LogP contribution in [-0.2, 0) is 16.0 Å². The number of para-hydroxylation sites is 1. The summed E-state index contributed by atoms with van der Waals surface area (Å²) in [4.78, 5) is 51.0. The van der Waals surface area contributed by atoms with Gasteiger partial charge in [0.2, 0.25) is 5.91 Å². The first-order chi connectivity index (χ1) is 13.8. The molecule has 0 atom stereocenters. The van der Waals surface area contributed by atoms with Crippen LogP contribution in [0.15, 0.2) is 24.3 Å². The number of esters is 1. The molecule has 2 rings (SSSR count). The van der Waals surface area contributed by atoms with Gasteiger partial charge in [-0.2, -0.15) is 0 Å². The quantitative estimate of drug-likeness (QED) is 0.497. The van der Waals surface area contributed by atoms with E-state index in [1.165, 1.54) is 7.11 Å². The fraction of sp³-hybridized carbons (Fsp3) is 0.300. The van der Waals surface area contributed by atoms with Crippen LogP contribution >= 0.6 is 0 Å². The standard InChI is InChI=1S/C20H24N4O5/c1-4-13-16(20(28)29-3)11(2)17(23-13)19(27)24-14-8-6-5-7-12(14)18(26)22-10-9-15(21)25/h5-8,23H,4,9-10H2,1-3H3,(H2,21,25)(H,22,26)(H,24,27). The Balaban J connectivity index is 2.26. The minimum absolute atomic E-state index is 0.0119. The average molecular weight is 400 g/mol. The number of aromatic amines is 1. The Labute approximate surface area is 168 Å². The predicted octanol–water partition coefficient (Wildman–Crippen LogP) is 1.53. The van der Waals surface area contributed by atoms with Crippen LogP contribution in [0.5, 0.6) is 0 Å². The molecule has 0 aliphatic carbocycles. The van der Waals surface area contributed by atoms with Crippen molar-refractivity contribution in [3.05, 3.63) is 52.3 Å². The van der Waals surface area contributed by atoms with Gasteiger partial charge in [0, 0.05) is 18.7 Å². The zero-order valence-electron chi connectivity index (χ0n) is 16.5. The average Bonchev–Trinajstić information content (AvgIpc) is 3.03. The van der Waals surface area contributed by atoms with Gasteiger partial charge in [-0.25, -0.2) is 4.79 Å². The van der Waals surface area contributed by atoms with Crippen molar-refractivity contribution in [2.45, 2.75) is 26.7 Å². The van der Waals surface area contributed by atoms with E-state index in [1.54, 1.807) is 31.2 Å². The third-order valence-corrected chi connectivity index (χ3v) is 4.37. The number of aryl methyl sites for hydroxylation is 1. The van der Waals surface area contributed by atoms with Gasteiger partial charge in [-0.1, -0.05) is 19.1 Å². The highest BCUT2D eigenvalue weighted by Crippen LogP contribution is 2.22. The predicted molar refractivity (Wildman–Crippen MR) is 107 cm³/mol. The van der Waals surface area contributed by atoms with Gasteiger partial charge < -0.3 is 26.1 Å². The number of primary amides is 1. The molecular formula is C20H24N4O5. The summed E-state index contributed by atoms with van der Waals surface area (Å²) in [6.45, 7) is 3.60. The van der Waals surface area contributed by atoms with Gasteiger partial charge in [-0.3, -0.25) is 14.4 Å². The Hall–Kier alpha value is -3.62. The van der Waals surface area contributed by atoms with E-state index >= 15 is 0 Å². The lowest BCUT2D eigenvalue weighted by molar-refractivity contribution is -0.117. The molecule has 1 aromatic carbocycles. The van der Waals surface area contributed by atoms with Crippen molar-refractivity contribution in [1.29, 1.82) is 0 Å². The molecule has 1 aromatic heterocycles. The molecule has 154 valence electrons. The summed E-state index contributed by atoms with van der Waals surface area (Å²) in [7, 11) is 1.28. The van der Waals surface area contributed by atoms with Gasteiger partial charge in [0.25, 0.3) is 11.8 Å². The molecule has 0 fully saturated rings. The number of benzene rings is 1. The molecule has 5 N–H and O–H groups in total. The molecule has 0 spiro atoms. The molecular weight excluding hydrogens is 376 g/mol. The number of H-pyrrole nitrogens is 1. The van der Waals surface area contributed by atoms with Gasteiger partial charge in [0.05, 0.1) is 23.9 Å². The van der Waals surface area contributed by atoms with E-state index in [2.05, 4.69) is 15.6 Å². The zero-order chi connectivity index (χ0) is 21.6. The third kappa shape index (κ3) is 5.01. The minimum atomic E-state index is -0.526. The third-order valence-electron chi connectivity index (χ3n) is 4.37. The summed E-state index contributed by atoms with van der Waals surface area (Å²) in [6, 6.07) is 6.47. The zero-order valence-corrected chi connectivity index (χ0v) is 16.5. The Morgan fingerprint density at radius 2 is 1.83 bits per heavy atom. The smallest absolute Gasteiger partial charge is 0.339 e. The number of ether oxygens (including phenoxy) is 1. The molecule has 1 heterocycles. The molecule has 0 saturated heterocycles. The first kappa shape index (κ1) is 21.7. The summed E-state index contributed by atoms with van der Waals surface area (Å²) in [5, 5.41) is 5.27. The minimum Gasteiger partial charge on any atom is -0.465 e. The van der Waals surface area contributed by atoms with Crippen LogP contribution in [0.25, 0.3) is 0 Å². The second-order valence-electron chi connectivity index (χ2n) is 6.30. The molecule has 0 aliphatic rings. The maximum atomic E-state index is 12.8. The maximum absolute atomic E-state index is 12.8. The van der Waals surface area contributed by atoms with Crippen molar-refractivity contribution in [3.63, 3.8) is 0 Å². The molecule has 0 saturated carbocycles. The Bertz CT molecular complexity index is 948. The highest BCUT2D eigenvalue weighted by atomic mass is 16.5. The van der Waals surface area contributed by atoms with Crippen LogP contribution in [0.4, 0.5) is 5.69 Å². The number of methoxy groups -OCH3 is 1. The van der Waals surface area contributed by atoms with Gasteiger partial charge in [0.1, 0.15) is 5.69 Å². The van der Waals surface area contributed by atoms with E-state index in [4.69, 9.17) is 10.5 Å². The number of nitrogens with one attached hydrogen (secondary N) is 3. The van der Waals surface area contributed by atoms with Gasteiger partial charge >= 0.3 is 5.97 Å². The number of hydrogen-bond donors (Lipinski definition) is 4. The van der Waals surface area contributed by atoms with Crippen LogP contribution < -0.4 is 16.4 Å². The Kier molecular flexibility index (Phi) is 7.13. The number of hydrogen-bond acceptors (Lipinski definition) is 5. The SMILES string of the molecule is CCc1[nH]c(C(=O)Nc2ccccc2C(=O)NCCC(N)=O)c(C)c1C(=O)OC. The summed E-state index contributed by atoms with van der Waals surface area (Å²) in [5.74, 6) is -1.99. The van der Waals surface area contributed by atoms with Gasteiger partial charge in [-0.05, 0) is 31.0 Å². The van der Waals surface area contributed by atoms with Crippen molar-refractivity contribution >= 4 is 29.4 Å². The molecule has 3 amide bonds. The number of carbonyl (C=O) groups is 4. The van der Waals surface area contributed by atoms with Crippen LogP contribution in [0.2, 0.25) is 0 Å². The Morgan fingerprint density at radius 1 is 1.14 bits per heavy atom. The first-order valence-electron chi connectivity index (χ1n) is 9.06. The molecule has 29 heavy (non-hydrogen) atoms. The molecule has 9 heteroatoms. The van der Waals surface area contributed by atoms with Crippen molar-refractivity contribution in [1.82, 2.24) is 10.3 Å². The molecule has 9 nitrogen and oxygen atoms in total. The Morgan fingerprint density at radius 3 is 2.45 bits per heavy atom. The topological polar surface area (TPSA) is 143 Å². The van der Waals surface area contributed by atoms with E-state index in [0.29, 0.717) is 28.9 Å². The van der Waals surface area contributed by atoms with E-state index in [0.717, 1.165) is 0 Å². The fourth-order valence-electron chi connectivity index (χ4n) is 2.90. The van der Waals surface area contributed by atoms with Crippen molar-refractivity contribution in [3.8, 4) is 0 Å². The fourth-order valence-corrected chi connectivity index (χ4v) is 2.90. The lowest BCUT2D eigenvalue weighted by Crippen LogP contribution is -2.29. The first-order valence-corrected chi connectivity index (χ1v) is 9.06. The highest BCUT2D eigenvalue weighted by molar-refractivity contribution is 6.10. The number of amides is 3. The summed E-state index contributed by atoms with van der Waals surface area (Å²) in [5.41, 5.74) is 7.20. The molecule has 0 aliphatic heterocycles. The van der Waals surface area contributed by atoms with Crippen LogP contribution in [0, 0.1) is 6.92 Å². The second kappa shape index (κ2) is 9.54. The summed E-state index contributed by atoms with van der Waals surface area (Å²) < 4.78 is 4.80. The highest BCUT2D eigenvalue weighted by Gasteiger charge is 2.24. The number of carbonyl (C=O) groups excluding carboxylic acids is 4. The molecule has 0 radical (unpaired) electrons. The van der Waals surface area contributed by atoms with Gasteiger partial charge in [0.15, 0.2) is 0 Å². The monoisotopic (exact) mass is 400 g/mol. The van der Waals surface area contributed by atoms with E-state index in [1.807, 2.05) is 6.92 Å². The largest absolute Gasteiger partial charge is 0.465 e. The van der Waals surface area contributed by atoms with Crippen LogP contribution in [0.3, 0.4) is 0 Å². The van der Waals surface area contributed by atoms with E-state index in [-0.39, 0.29) is 24.2 Å². The van der Waals surface area contributed by atoms with E-state index < -0.39 is 23.7 Å². The number of aromatic nitrogens is 1.